The molecule has 1 aliphatic heterocycles. The molecule has 1 fully saturated rings. The summed E-state index contributed by atoms with van der Waals surface area (Å²) in [5, 5.41) is 0. The molecule has 2 heterocycles. The summed E-state index contributed by atoms with van der Waals surface area (Å²) in [6, 6.07) is 17.0. The van der Waals surface area contributed by atoms with Crippen LogP contribution in [0.15, 0.2) is 60.7 Å². The van der Waals surface area contributed by atoms with Crippen molar-refractivity contribution in [2.24, 2.45) is 0 Å². The molecule has 1 aromatic heterocycles. The summed E-state index contributed by atoms with van der Waals surface area (Å²) in [6.07, 6.45) is 0.747. The number of hydrogen-bond acceptors (Lipinski definition) is 5. The molecular weight excluding hydrogens is 557 g/mol. The number of para-hydroxylation sites is 1. The van der Waals surface area contributed by atoms with Crippen LogP contribution >= 0.6 is 0 Å². The third-order valence-corrected chi connectivity index (χ3v) is 7.89. The van der Waals surface area contributed by atoms with Crippen LogP contribution in [0.4, 0.5) is 18.9 Å². The van der Waals surface area contributed by atoms with E-state index in [4.69, 9.17) is 9.47 Å². The maximum absolute atomic E-state index is 16.5. The first-order valence-electron chi connectivity index (χ1n) is 14.7. The van der Waals surface area contributed by atoms with Gasteiger partial charge in [0.1, 0.15) is 5.75 Å². The van der Waals surface area contributed by atoms with Crippen LogP contribution in [0.25, 0.3) is 11.0 Å². The number of carbonyl (C=O) groups is 1. The van der Waals surface area contributed by atoms with E-state index in [0.29, 0.717) is 49.4 Å². The fourth-order valence-corrected chi connectivity index (χ4v) is 5.50. The highest BCUT2D eigenvalue weighted by molar-refractivity contribution is 5.81. The number of halogens is 3. The third kappa shape index (κ3) is 6.43. The second-order valence-electron chi connectivity index (χ2n) is 10.7. The lowest BCUT2D eigenvalue weighted by molar-refractivity contribution is -0.131. The number of anilines is 1. The topological polar surface area (TPSA) is 59.8 Å². The van der Waals surface area contributed by atoms with Crippen molar-refractivity contribution in [2.75, 3.05) is 38.2 Å². The molecule has 7 nitrogen and oxygen atoms in total. The first kappa shape index (κ1) is 30.3. The van der Waals surface area contributed by atoms with Gasteiger partial charge in [-0.25, -0.2) is 13.8 Å². The van der Waals surface area contributed by atoms with E-state index in [1.54, 1.807) is 25.1 Å². The molecule has 0 saturated carbocycles. The molecule has 1 saturated heterocycles. The number of imidazole rings is 1. The Bertz CT molecular complexity index is 1550. The summed E-state index contributed by atoms with van der Waals surface area (Å²) in [7, 11) is 1.22. The third-order valence-electron chi connectivity index (χ3n) is 7.89. The predicted molar refractivity (Wildman–Crippen MR) is 160 cm³/mol. The van der Waals surface area contributed by atoms with Crippen molar-refractivity contribution in [3.63, 3.8) is 0 Å². The Balaban J connectivity index is 1.48. The van der Waals surface area contributed by atoms with E-state index in [0.717, 1.165) is 24.9 Å². The lowest BCUT2D eigenvalue weighted by Gasteiger charge is -2.36. The zero-order valence-electron chi connectivity index (χ0n) is 24.7. The highest BCUT2D eigenvalue weighted by atomic mass is 19.2. The minimum absolute atomic E-state index is 0.174. The van der Waals surface area contributed by atoms with E-state index in [1.807, 2.05) is 35.2 Å². The molecule has 0 radical (unpaired) electrons. The van der Waals surface area contributed by atoms with Gasteiger partial charge in [-0.1, -0.05) is 38.0 Å². The van der Waals surface area contributed by atoms with Gasteiger partial charge in [-0.15, -0.1) is 0 Å². The van der Waals surface area contributed by atoms with Gasteiger partial charge < -0.3 is 19.3 Å². The smallest absolute Gasteiger partial charge is 0.222 e. The Morgan fingerprint density at radius 3 is 2.42 bits per heavy atom. The molecule has 0 spiro atoms. The lowest BCUT2D eigenvalue weighted by Crippen LogP contribution is -2.48. The number of alkyl halides is 1. The summed E-state index contributed by atoms with van der Waals surface area (Å²) in [5.41, 5.74) is 1.25. The van der Waals surface area contributed by atoms with Gasteiger partial charge in [0.05, 0.1) is 18.1 Å². The number of ether oxygens (including phenoxy) is 2. The number of rotatable bonds is 11. The van der Waals surface area contributed by atoms with Crippen LogP contribution in [0, 0.1) is 11.6 Å². The number of nitrogens with zero attached hydrogens (tertiary/aromatic N) is 4. The van der Waals surface area contributed by atoms with Gasteiger partial charge in [-0.3, -0.25) is 9.36 Å². The van der Waals surface area contributed by atoms with Gasteiger partial charge >= 0.3 is 0 Å². The fraction of sp³-hybridized carbons (Fsp3) is 0.394. The van der Waals surface area contributed by atoms with Crippen molar-refractivity contribution in [1.29, 1.82) is 0 Å². The van der Waals surface area contributed by atoms with Crippen molar-refractivity contribution < 1.29 is 27.4 Å². The van der Waals surface area contributed by atoms with Crippen molar-refractivity contribution in [3.8, 4) is 11.5 Å². The zero-order chi connectivity index (χ0) is 30.5. The van der Waals surface area contributed by atoms with Crippen LogP contribution in [0.5, 0.6) is 11.5 Å². The molecule has 2 unspecified atom stereocenters. The van der Waals surface area contributed by atoms with Gasteiger partial charge in [0, 0.05) is 43.9 Å². The Labute approximate surface area is 249 Å². The monoisotopic (exact) mass is 594 g/mol. The van der Waals surface area contributed by atoms with Gasteiger partial charge in [0.2, 0.25) is 18.0 Å². The molecule has 0 N–H and O–H groups in total. The van der Waals surface area contributed by atoms with E-state index >= 15 is 8.78 Å². The van der Waals surface area contributed by atoms with Gasteiger partial charge in [-0.2, -0.15) is 4.39 Å². The number of benzene rings is 3. The lowest BCUT2D eigenvalue weighted by atomic mass is 10.1. The SMILES string of the molecule is CCCCCC(=O)N1CCN(c2ccc3nc(C(C)Oc4ccccc4)n(C(F)c4ccc(OC)c(F)c4F)c3c2)CC1. The summed E-state index contributed by atoms with van der Waals surface area (Å²) < 4.78 is 58.5. The highest BCUT2D eigenvalue weighted by Gasteiger charge is 2.29. The molecule has 5 rings (SSSR count). The Morgan fingerprint density at radius 1 is 0.977 bits per heavy atom. The number of methoxy groups -OCH3 is 1. The van der Waals surface area contributed by atoms with Crippen LogP contribution in [-0.4, -0.2) is 53.6 Å². The van der Waals surface area contributed by atoms with Crippen molar-refractivity contribution in [1.82, 2.24) is 14.5 Å². The van der Waals surface area contributed by atoms with Gasteiger partial charge in [0.25, 0.3) is 0 Å². The maximum atomic E-state index is 16.5. The fourth-order valence-electron chi connectivity index (χ4n) is 5.50. The zero-order valence-corrected chi connectivity index (χ0v) is 24.7. The standard InChI is InChI=1S/C33H37F3N4O3/c1-4-5-7-12-29(41)39-19-17-38(18-20-39)23-13-15-26-27(21-23)40(32(36)25-14-16-28(42-3)31(35)30(25)34)33(37-26)22(2)43-24-10-8-6-9-11-24/h6,8-11,13-16,21-22,32H,4-5,7,12,17-20H2,1-3H3. The molecule has 10 heteroatoms. The molecule has 2 atom stereocenters. The van der Waals surface area contributed by atoms with E-state index in [-0.39, 0.29) is 17.5 Å². The molecule has 4 aromatic rings. The van der Waals surface area contributed by atoms with E-state index in [1.165, 1.54) is 23.8 Å². The predicted octanol–water partition coefficient (Wildman–Crippen LogP) is 7.21. The minimum Gasteiger partial charge on any atom is -0.494 e. The van der Waals surface area contributed by atoms with Crippen LogP contribution in [0.1, 0.15) is 63.3 Å². The maximum Gasteiger partial charge on any atom is 0.222 e. The van der Waals surface area contributed by atoms with Crippen molar-refractivity contribution in [2.45, 2.75) is 51.9 Å². The molecule has 228 valence electrons. The summed E-state index contributed by atoms with van der Waals surface area (Å²) in [6.45, 7) is 6.28. The second kappa shape index (κ2) is 13.4. The van der Waals surface area contributed by atoms with Crippen molar-refractivity contribution >= 4 is 22.6 Å². The van der Waals surface area contributed by atoms with Crippen LogP contribution in [0.2, 0.25) is 0 Å². The van der Waals surface area contributed by atoms with Gasteiger partial charge in [-0.05, 0) is 55.8 Å². The van der Waals surface area contributed by atoms with Gasteiger partial charge in [0.15, 0.2) is 23.5 Å². The first-order chi connectivity index (χ1) is 20.8. The molecule has 0 bridgehead atoms. The average molecular weight is 595 g/mol. The number of aromatic nitrogens is 2. The first-order valence-corrected chi connectivity index (χ1v) is 14.7. The number of carbonyl (C=O) groups excluding carboxylic acids is 1. The summed E-state index contributed by atoms with van der Waals surface area (Å²) in [4.78, 5) is 21.3. The number of fused-ring (bicyclic) bond motifs is 1. The second-order valence-corrected chi connectivity index (χ2v) is 10.7. The normalized spacial score (nSPS) is 15.0. The van der Waals surface area contributed by atoms with Crippen LogP contribution in [0.3, 0.4) is 0 Å². The molecule has 1 aliphatic rings. The molecule has 1 amide bonds. The number of hydrogen-bond donors (Lipinski definition) is 0. The minimum atomic E-state index is -2.10. The molecule has 3 aromatic carbocycles. The Hall–Kier alpha value is -4.21. The summed E-state index contributed by atoms with van der Waals surface area (Å²) in [5.74, 6) is -1.94. The van der Waals surface area contributed by atoms with Crippen LogP contribution in [-0.2, 0) is 4.79 Å². The molecule has 43 heavy (non-hydrogen) atoms. The quantitative estimate of drug-likeness (QED) is 0.172. The highest BCUT2D eigenvalue weighted by Crippen LogP contribution is 2.36. The Kier molecular flexibility index (Phi) is 9.43. The molecular formula is C33H37F3N4O3. The Morgan fingerprint density at radius 2 is 1.72 bits per heavy atom. The largest absolute Gasteiger partial charge is 0.494 e. The van der Waals surface area contributed by atoms with Crippen molar-refractivity contribution in [3.05, 3.63) is 83.7 Å². The number of amides is 1. The van der Waals surface area contributed by atoms with E-state index in [2.05, 4.69) is 16.8 Å². The number of piperazine rings is 1. The molecule has 0 aliphatic carbocycles. The average Bonchev–Trinajstić information content (AvgIpc) is 3.42. The summed E-state index contributed by atoms with van der Waals surface area (Å²) >= 11 is 0. The van der Waals surface area contributed by atoms with E-state index < -0.39 is 29.6 Å². The number of unbranched alkanes of at least 4 members (excludes halogenated alkanes) is 2. The van der Waals surface area contributed by atoms with Crippen LogP contribution < -0.4 is 14.4 Å². The van der Waals surface area contributed by atoms with E-state index in [9.17, 15) is 9.18 Å².